The molecule has 1 aromatic carbocycles. The zero-order valence-electron chi connectivity index (χ0n) is 12.3. The minimum atomic E-state index is -0.936. The van der Waals surface area contributed by atoms with E-state index in [0.29, 0.717) is 13.0 Å². The summed E-state index contributed by atoms with van der Waals surface area (Å²) < 4.78 is 9.80. The summed E-state index contributed by atoms with van der Waals surface area (Å²) in [6.45, 7) is 0.779. The molecule has 0 spiro atoms. The van der Waals surface area contributed by atoms with Gasteiger partial charge in [-0.25, -0.2) is 4.79 Å². The molecule has 0 radical (unpaired) electrons. The van der Waals surface area contributed by atoms with Gasteiger partial charge in [0.1, 0.15) is 6.61 Å². The number of hydrogen-bond acceptors (Lipinski definition) is 5. The monoisotopic (exact) mass is 296 g/mol. The van der Waals surface area contributed by atoms with Gasteiger partial charge in [-0.3, -0.25) is 0 Å². The van der Waals surface area contributed by atoms with Crippen LogP contribution in [0, 0.1) is 0 Å². The summed E-state index contributed by atoms with van der Waals surface area (Å²) in [5.41, 5.74) is 6.65. The number of hydrogen-bond donors (Lipinski definition) is 3. The van der Waals surface area contributed by atoms with Gasteiger partial charge in [-0.2, -0.15) is 0 Å². The van der Waals surface area contributed by atoms with E-state index >= 15 is 0 Å². The number of nitrogens with one attached hydrogen (secondary N) is 1. The third kappa shape index (κ3) is 7.65. The van der Waals surface area contributed by atoms with E-state index in [-0.39, 0.29) is 6.61 Å². The molecule has 4 N–H and O–H groups in total. The number of amides is 1. The molecule has 0 heterocycles. The first-order valence-corrected chi connectivity index (χ1v) is 7.04. The van der Waals surface area contributed by atoms with Crippen LogP contribution in [0.4, 0.5) is 4.79 Å². The molecule has 0 fully saturated rings. The van der Waals surface area contributed by atoms with Gasteiger partial charge in [0.2, 0.25) is 0 Å². The second-order valence-corrected chi connectivity index (χ2v) is 4.77. The summed E-state index contributed by atoms with van der Waals surface area (Å²) >= 11 is 0. The molecule has 1 amide bonds. The molecular formula is C15H24N2O4. The molecule has 118 valence electrons. The van der Waals surface area contributed by atoms with Crippen LogP contribution in [0.5, 0.6) is 0 Å². The highest BCUT2D eigenvalue weighted by Crippen LogP contribution is 2.03. The van der Waals surface area contributed by atoms with E-state index in [0.717, 1.165) is 18.4 Å². The Morgan fingerprint density at radius 2 is 2.05 bits per heavy atom. The number of methoxy groups -OCH3 is 1. The minimum Gasteiger partial charge on any atom is -0.445 e. The molecular weight excluding hydrogens is 272 g/mol. The minimum absolute atomic E-state index is 0.261. The molecule has 21 heavy (non-hydrogen) atoms. The summed E-state index contributed by atoms with van der Waals surface area (Å²) in [5, 5.41) is 12.0. The first-order valence-electron chi connectivity index (χ1n) is 7.04. The van der Waals surface area contributed by atoms with E-state index in [1.165, 1.54) is 7.11 Å². The molecule has 0 saturated heterocycles. The van der Waals surface area contributed by atoms with Crippen LogP contribution in [-0.2, 0) is 16.1 Å². The molecule has 0 saturated carbocycles. The van der Waals surface area contributed by atoms with Crippen molar-refractivity contribution in [1.29, 1.82) is 0 Å². The van der Waals surface area contributed by atoms with Crippen molar-refractivity contribution in [3.8, 4) is 0 Å². The molecule has 0 aliphatic rings. The highest BCUT2D eigenvalue weighted by molar-refractivity contribution is 5.67. The van der Waals surface area contributed by atoms with Gasteiger partial charge in [-0.1, -0.05) is 30.3 Å². The second-order valence-electron chi connectivity index (χ2n) is 4.77. The van der Waals surface area contributed by atoms with Gasteiger partial charge >= 0.3 is 6.09 Å². The topological polar surface area (TPSA) is 93.8 Å². The first kappa shape index (κ1) is 17.4. The highest BCUT2D eigenvalue weighted by Gasteiger charge is 2.12. The Labute approximate surface area is 125 Å². The zero-order chi connectivity index (χ0) is 15.5. The molecule has 2 atom stereocenters. The largest absolute Gasteiger partial charge is 0.445 e. The number of unbranched alkanes of at least 4 members (excludes halogenated alkanes) is 1. The van der Waals surface area contributed by atoms with Crippen molar-refractivity contribution in [3.05, 3.63) is 35.9 Å². The Balaban J connectivity index is 2.03. The number of carbonyl (C=O) groups is 1. The molecule has 1 aromatic rings. The molecule has 6 nitrogen and oxygen atoms in total. The maximum atomic E-state index is 11.4. The van der Waals surface area contributed by atoms with E-state index in [4.69, 9.17) is 15.2 Å². The van der Waals surface area contributed by atoms with Gasteiger partial charge in [-0.15, -0.1) is 0 Å². The zero-order valence-corrected chi connectivity index (χ0v) is 12.3. The van der Waals surface area contributed by atoms with E-state index in [2.05, 4.69) is 5.32 Å². The number of aliphatic hydroxyl groups is 1. The Hall–Kier alpha value is -1.63. The number of rotatable bonds is 9. The second kappa shape index (κ2) is 10.1. The Kier molecular flexibility index (Phi) is 8.42. The lowest BCUT2D eigenvalue weighted by atomic mass is 10.1. The third-order valence-corrected chi connectivity index (χ3v) is 3.05. The van der Waals surface area contributed by atoms with E-state index in [1.54, 1.807) is 0 Å². The van der Waals surface area contributed by atoms with Gasteiger partial charge in [0.05, 0.1) is 6.04 Å². The van der Waals surface area contributed by atoms with Crippen LogP contribution in [0.2, 0.25) is 0 Å². The molecule has 6 heteroatoms. The maximum Gasteiger partial charge on any atom is 0.407 e. The summed E-state index contributed by atoms with van der Waals surface area (Å²) in [5.74, 6) is 0. The Morgan fingerprint density at radius 3 is 2.71 bits per heavy atom. The van der Waals surface area contributed by atoms with Crippen molar-refractivity contribution in [2.45, 2.75) is 38.2 Å². The number of carbonyl (C=O) groups excluding carboxylic acids is 1. The van der Waals surface area contributed by atoms with Crippen LogP contribution in [0.25, 0.3) is 0 Å². The van der Waals surface area contributed by atoms with Crippen molar-refractivity contribution < 1.29 is 19.4 Å². The standard InChI is InChI=1S/C15H24N2O4/c1-20-14(18)13(16)9-5-6-10-17-15(19)21-11-12-7-3-2-4-8-12/h2-4,7-8,13-14,18H,5-6,9-11,16H2,1H3,(H,17,19)/t13-,14?/m0/s1. The van der Waals surface area contributed by atoms with Crippen molar-refractivity contribution in [2.75, 3.05) is 13.7 Å². The average molecular weight is 296 g/mol. The number of aliphatic hydroxyl groups excluding tert-OH is 1. The van der Waals surface area contributed by atoms with Crippen LogP contribution in [-0.4, -0.2) is 37.2 Å². The fourth-order valence-electron chi connectivity index (χ4n) is 1.79. The molecule has 1 rings (SSSR count). The number of alkyl carbamates (subject to hydrolysis) is 1. The number of benzene rings is 1. The molecule has 0 aromatic heterocycles. The van der Waals surface area contributed by atoms with Crippen molar-refractivity contribution in [2.24, 2.45) is 5.73 Å². The molecule has 0 bridgehead atoms. The summed E-state index contributed by atoms with van der Waals surface area (Å²) in [7, 11) is 1.41. The number of nitrogens with two attached hydrogens (primary N) is 1. The van der Waals surface area contributed by atoms with Crippen LogP contribution >= 0.6 is 0 Å². The highest BCUT2D eigenvalue weighted by atomic mass is 16.6. The lowest BCUT2D eigenvalue weighted by Gasteiger charge is -2.16. The molecule has 0 aliphatic carbocycles. The van der Waals surface area contributed by atoms with Crippen LogP contribution in [0.15, 0.2) is 30.3 Å². The van der Waals surface area contributed by atoms with Gasteiger partial charge in [0.25, 0.3) is 0 Å². The maximum absolute atomic E-state index is 11.4. The van der Waals surface area contributed by atoms with Gasteiger partial charge < -0.3 is 25.6 Å². The van der Waals surface area contributed by atoms with Crippen LogP contribution in [0.1, 0.15) is 24.8 Å². The normalized spacial score (nSPS) is 13.5. The SMILES string of the molecule is COC(O)[C@@H](N)CCCCNC(=O)OCc1ccccc1. The van der Waals surface area contributed by atoms with Gasteiger partial charge in [0, 0.05) is 13.7 Å². The fourth-order valence-corrected chi connectivity index (χ4v) is 1.79. The quantitative estimate of drug-likeness (QED) is 0.473. The molecule has 1 unspecified atom stereocenters. The van der Waals surface area contributed by atoms with Crippen molar-refractivity contribution in [3.63, 3.8) is 0 Å². The van der Waals surface area contributed by atoms with E-state index < -0.39 is 18.4 Å². The van der Waals surface area contributed by atoms with Crippen LogP contribution < -0.4 is 11.1 Å². The average Bonchev–Trinajstić information content (AvgIpc) is 2.52. The summed E-state index contributed by atoms with van der Waals surface area (Å²) in [6.07, 6.45) is 0.829. The van der Waals surface area contributed by atoms with Crippen molar-refractivity contribution in [1.82, 2.24) is 5.32 Å². The predicted octanol–water partition coefficient (Wildman–Crippen LogP) is 1.38. The summed E-state index contributed by atoms with van der Waals surface area (Å²) in [6, 6.07) is 9.10. The molecule has 0 aliphatic heterocycles. The Bertz CT molecular complexity index is 400. The lowest BCUT2D eigenvalue weighted by molar-refractivity contribution is -0.0908. The smallest absolute Gasteiger partial charge is 0.407 e. The van der Waals surface area contributed by atoms with Gasteiger partial charge in [0.15, 0.2) is 6.29 Å². The van der Waals surface area contributed by atoms with Gasteiger partial charge in [-0.05, 0) is 24.8 Å². The summed E-state index contributed by atoms with van der Waals surface area (Å²) in [4.78, 5) is 11.4. The predicted molar refractivity (Wildman–Crippen MR) is 79.5 cm³/mol. The third-order valence-electron chi connectivity index (χ3n) is 3.05. The Morgan fingerprint density at radius 1 is 1.33 bits per heavy atom. The fraction of sp³-hybridized carbons (Fsp3) is 0.533. The first-order chi connectivity index (χ1) is 10.1. The van der Waals surface area contributed by atoms with Crippen molar-refractivity contribution >= 4 is 6.09 Å². The van der Waals surface area contributed by atoms with E-state index in [1.807, 2.05) is 30.3 Å². The number of ether oxygens (including phenoxy) is 2. The van der Waals surface area contributed by atoms with Crippen LogP contribution in [0.3, 0.4) is 0 Å². The van der Waals surface area contributed by atoms with E-state index in [9.17, 15) is 9.90 Å². The lowest BCUT2D eigenvalue weighted by Crippen LogP contribution is -2.36.